The standard InChI is InChI=1S/C22H24ClN5O2/c1-13-27-28-18(30-13)21-10-22(11-21,12-21)26-19-24-16(9-17(25-19)20(2,3)29)8-14-4-6-15(23)7-5-14/h4-7,9,29H,8,10-12H2,1-3H3,(H,24,25,26). The maximum atomic E-state index is 10.5. The summed E-state index contributed by atoms with van der Waals surface area (Å²) in [5, 5.41) is 23.0. The number of benzene rings is 1. The van der Waals surface area contributed by atoms with Crippen molar-refractivity contribution in [3.8, 4) is 0 Å². The van der Waals surface area contributed by atoms with Crippen molar-refractivity contribution < 1.29 is 9.52 Å². The van der Waals surface area contributed by atoms with Gasteiger partial charge in [0.25, 0.3) is 0 Å². The lowest BCUT2D eigenvalue weighted by molar-refractivity contribution is -0.0619. The van der Waals surface area contributed by atoms with E-state index in [1.807, 2.05) is 37.3 Å². The molecule has 1 aromatic carbocycles. The van der Waals surface area contributed by atoms with Crippen molar-refractivity contribution in [1.82, 2.24) is 20.2 Å². The molecule has 7 nitrogen and oxygen atoms in total. The van der Waals surface area contributed by atoms with Gasteiger partial charge in [-0.3, -0.25) is 0 Å². The normalized spacial score (nSPS) is 24.8. The maximum absolute atomic E-state index is 10.5. The van der Waals surface area contributed by atoms with Gasteiger partial charge in [0.1, 0.15) is 5.60 Å². The molecule has 30 heavy (non-hydrogen) atoms. The van der Waals surface area contributed by atoms with E-state index < -0.39 is 5.60 Å². The van der Waals surface area contributed by atoms with Gasteiger partial charge in [0.2, 0.25) is 17.7 Å². The predicted octanol–water partition coefficient (Wildman–Crippen LogP) is 3.93. The molecule has 2 N–H and O–H groups in total. The van der Waals surface area contributed by atoms with Crippen LogP contribution < -0.4 is 5.32 Å². The van der Waals surface area contributed by atoms with Gasteiger partial charge in [-0.25, -0.2) is 9.97 Å². The molecular weight excluding hydrogens is 402 g/mol. The Bertz CT molecular complexity index is 1080. The Balaban J connectivity index is 1.37. The number of aryl methyl sites for hydroxylation is 1. The molecule has 3 aliphatic carbocycles. The highest BCUT2D eigenvalue weighted by Gasteiger charge is 2.71. The van der Waals surface area contributed by atoms with E-state index in [1.165, 1.54) is 0 Å². The Morgan fingerprint density at radius 2 is 1.83 bits per heavy atom. The Labute approximate surface area is 179 Å². The average Bonchev–Trinajstić information content (AvgIpc) is 3.04. The molecule has 0 spiro atoms. The third kappa shape index (κ3) is 3.36. The Morgan fingerprint density at radius 1 is 1.13 bits per heavy atom. The van der Waals surface area contributed by atoms with Gasteiger partial charge in [0.15, 0.2) is 0 Å². The van der Waals surface area contributed by atoms with Gasteiger partial charge >= 0.3 is 0 Å². The number of anilines is 1. The molecule has 3 aliphatic rings. The van der Waals surface area contributed by atoms with Gasteiger partial charge in [0, 0.05) is 23.9 Å². The second-order valence-corrected chi connectivity index (χ2v) is 9.71. The van der Waals surface area contributed by atoms with Crippen LogP contribution in [0.5, 0.6) is 0 Å². The van der Waals surface area contributed by atoms with Crippen LogP contribution in [0.3, 0.4) is 0 Å². The van der Waals surface area contributed by atoms with Crippen LogP contribution in [0.4, 0.5) is 5.95 Å². The van der Waals surface area contributed by atoms with Crippen LogP contribution in [-0.2, 0) is 17.4 Å². The quantitative estimate of drug-likeness (QED) is 0.617. The monoisotopic (exact) mass is 425 g/mol. The van der Waals surface area contributed by atoms with Gasteiger partial charge in [-0.2, -0.15) is 0 Å². The molecule has 8 heteroatoms. The highest BCUT2D eigenvalue weighted by atomic mass is 35.5. The molecule has 0 unspecified atom stereocenters. The fraction of sp³-hybridized carbons (Fsp3) is 0.455. The summed E-state index contributed by atoms with van der Waals surface area (Å²) in [6.07, 6.45) is 3.40. The van der Waals surface area contributed by atoms with Crippen LogP contribution in [0.2, 0.25) is 5.02 Å². The summed E-state index contributed by atoms with van der Waals surface area (Å²) in [5.74, 6) is 1.89. The molecule has 0 aliphatic heterocycles. The lowest BCUT2D eigenvalue weighted by Crippen LogP contribution is -2.73. The van der Waals surface area contributed by atoms with Crippen LogP contribution in [0, 0.1) is 6.92 Å². The summed E-state index contributed by atoms with van der Waals surface area (Å²) in [7, 11) is 0. The van der Waals surface area contributed by atoms with Crippen LogP contribution in [0.1, 0.15) is 61.8 Å². The van der Waals surface area contributed by atoms with Crippen LogP contribution in [0.25, 0.3) is 0 Å². The Hall–Kier alpha value is -2.51. The number of hydrogen-bond acceptors (Lipinski definition) is 7. The lowest BCUT2D eigenvalue weighted by atomic mass is 9.39. The number of nitrogens with one attached hydrogen (secondary N) is 1. The van der Waals surface area contributed by atoms with E-state index in [4.69, 9.17) is 21.0 Å². The van der Waals surface area contributed by atoms with E-state index in [1.54, 1.807) is 13.8 Å². The fourth-order valence-corrected chi connectivity index (χ4v) is 4.79. The number of halogens is 1. The molecule has 0 atom stereocenters. The highest BCUT2D eigenvalue weighted by Crippen LogP contribution is 2.68. The van der Waals surface area contributed by atoms with Crippen LogP contribution in [0.15, 0.2) is 34.7 Å². The van der Waals surface area contributed by atoms with Crippen LogP contribution >= 0.6 is 11.6 Å². The van der Waals surface area contributed by atoms with E-state index in [0.717, 1.165) is 36.4 Å². The second kappa shape index (κ2) is 6.49. The van der Waals surface area contributed by atoms with Crippen molar-refractivity contribution >= 4 is 17.5 Å². The molecule has 0 radical (unpaired) electrons. The first-order valence-electron chi connectivity index (χ1n) is 10.1. The van der Waals surface area contributed by atoms with Crippen molar-refractivity contribution in [3.63, 3.8) is 0 Å². The summed E-state index contributed by atoms with van der Waals surface area (Å²) in [6, 6.07) is 9.57. The van der Waals surface area contributed by atoms with Crippen molar-refractivity contribution in [1.29, 1.82) is 0 Å². The molecule has 2 heterocycles. The minimum atomic E-state index is -1.06. The van der Waals surface area contributed by atoms with Crippen molar-refractivity contribution in [2.45, 2.75) is 63.0 Å². The molecule has 6 rings (SSSR count). The number of aliphatic hydroxyl groups is 1. The average molecular weight is 426 g/mol. The maximum Gasteiger partial charge on any atom is 0.223 e. The van der Waals surface area contributed by atoms with E-state index in [0.29, 0.717) is 29.0 Å². The topological polar surface area (TPSA) is 97.0 Å². The zero-order valence-corrected chi connectivity index (χ0v) is 18.0. The zero-order valence-electron chi connectivity index (χ0n) is 17.2. The third-order valence-corrected chi connectivity index (χ3v) is 6.34. The van der Waals surface area contributed by atoms with Crippen molar-refractivity contribution in [2.24, 2.45) is 0 Å². The van der Waals surface area contributed by atoms with Crippen molar-refractivity contribution in [2.75, 3.05) is 5.32 Å². The SMILES string of the molecule is Cc1nnc(C23CC(Nc4nc(Cc5ccc(Cl)cc5)cc(C(C)(C)O)n4)(C2)C3)o1. The van der Waals surface area contributed by atoms with Gasteiger partial charge in [-0.05, 0) is 56.9 Å². The number of hydrogen-bond donors (Lipinski definition) is 2. The fourth-order valence-electron chi connectivity index (χ4n) is 4.66. The molecule has 0 amide bonds. The highest BCUT2D eigenvalue weighted by molar-refractivity contribution is 6.30. The van der Waals surface area contributed by atoms with E-state index >= 15 is 0 Å². The summed E-state index contributed by atoms with van der Waals surface area (Å²) < 4.78 is 5.66. The molecular formula is C22H24ClN5O2. The number of aromatic nitrogens is 4. The Morgan fingerprint density at radius 3 is 2.43 bits per heavy atom. The zero-order chi connectivity index (χ0) is 21.1. The van der Waals surface area contributed by atoms with Crippen molar-refractivity contribution in [3.05, 3.63) is 64.1 Å². The first-order chi connectivity index (χ1) is 14.1. The molecule has 3 fully saturated rings. The second-order valence-electron chi connectivity index (χ2n) is 9.27. The molecule has 156 valence electrons. The smallest absolute Gasteiger partial charge is 0.223 e. The van der Waals surface area contributed by atoms with Gasteiger partial charge in [-0.15, -0.1) is 10.2 Å². The number of nitrogens with zero attached hydrogens (tertiary/aromatic N) is 4. The summed E-state index contributed by atoms with van der Waals surface area (Å²) in [5.41, 5.74) is 1.43. The van der Waals surface area contributed by atoms with Gasteiger partial charge in [0.05, 0.1) is 16.8 Å². The van der Waals surface area contributed by atoms with E-state index in [2.05, 4.69) is 20.5 Å². The summed E-state index contributed by atoms with van der Waals surface area (Å²) in [6.45, 7) is 5.28. The summed E-state index contributed by atoms with van der Waals surface area (Å²) >= 11 is 6.00. The minimum absolute atomic E-state index is 0.00570. The van der Waals surface area contributed by atoms with E-state index in [-0.39, 0.29) is 11.0 Å². The third-order valence-electron chi connectivity index (χ3n) is 6.09. The molecule has 0 saturated heterocycles. The molecule has 3 saturated carbocycles. The van der Waals surface area contributed by atoms with Gasteiger partial charge < -0.3 is 14.8 Å². The van der Waals surface area contributed by atoms with E-state index in [9.17, 15) is 5.11 Å². The van der Waals surface area contributed by atoms with Gasteiger partial charge in [-0.1, -0.05) is 23.7 Å². The molecule has 3 aromatic rings. The largest absolute Gasteiger partial charge is 0.425 e. The molecule has 2 aromatic heterocycles. The lowest BCUT2D eigenvalue weighted by Gasteiger charge is -2.68. The summed E-state index contributed by atoms with van der Waals surface area (Å²) in [4.78, 5) is 9.35. The number of rotatable bonds is 6. The van der Waals surface area contributed by atoms with Crippen LogP contribution in [-0.4, -0.2) is 30.8 Å². The molecule has 2 bridgehead atoms. The minimum Gasteiger partial charge on any atom is -0.425 e. The Kier molecular flexibility index (Phi) is 4.21. The predicted molar refractivity (Wildman–Crippen MR) is 112 cm³/mol. The first-order valence-corrected chi connectivity index (χ1v) is 10.5. The first kappa shape index (κ1) is 19.5.